The van der Waals surface area contributed by atoms with E-state index in [2.05, 4.69) is 60.9 Å². The average Bonchev–Trinajstić information content (AvgIpc) is 2.79. The van der Waals surface area contributed by atoms with E-state index in [-0.39, 0.29) is 6.17 Å². The van der Waals surface area contributed by atoms with E-state index in [0.717, 1.165) is 17.1 Å². The number of rotatable bonds is 1. The van der Waals surface area contributed by atoms with Crippen LogP contribution < -0.4 is 9.80 Å². The molecule has 0 aliphatic carbocycles. The summed E-state index contributed by atoms with van der Waals surface area (Å²) in [5, 5.41) is 18.8. The molecule has 4 nitrogen and oxygen atoms in total. The van der Waals surface area contributed by atoms with Crippen LogP contribution >= 0.6 is 0 Å². The van der Waals surface area contributed by atoms with Crippen molar-refractivity contribution in [3.8, 4) is 12.1 Å². The van der Waals surface area contributed by atoms with Gasteiger partial charge >= 0.3 is 0 Å². The van der Waals surface area contributed by atoms with Gasteiger partial charge in [-0.25, -0.2) is 0 Å². The van der Waals surface area contributed by atoms with Gasteiger partial charge in [-0.2, -0.15) is 10.5 Å². The zero-order chi connectivity index (χ0) is 16.7. The predicted molar refractivity (Wildman–Crippen MR) is 91.8 cm³/mol. The number of fused-ring (bicyclic) bond motifs is 1. The largest absolute Gasteiger partial charge is 0.351 e. The standard InChI is InChI=1S/C19H18N4/c1-12-5-7-17(13(2)9-12)23-14(3)22(4)19-16(11-21)15(10-20)6-8-18(19)23/h5-9,14H,1-4H3/t14-/m0/s1. The highest BCUT2D eigenvalue weighted by Crippen LogP contribution is 2.46. The Morgan fingerprint density at radius 1 is 1.00 bits per heavy atom. The molecule has 114 valence electrons. The summed E-state index contributed by atoms with van der Waals surface area (Å²) >= 11 is 0. The van der Waals surface area contributed by atoms with Crippen molar-refractivity contribution in [3.05, 3.63) is 52.6 Å². The van der Waals surface area contributed by atoms with E-state index in [4.69, 9.17) is 0 Å². The first-order valence-corrected chi connectivity index (χ1v) is 7.56. The topological polar surface area (TPSA) is 54.1 Å². The molecule has 0 N–H and O–H groups in total. The third-order valence-electron chi connectivity index (χ3n) is 4.55. The second-order valence-electron chi connectivity index (χ2n) is 5.98. The van der Waals surface area contributed by atoms with Crippen LogP contribution in [0.2, 0.25) is 0 Å². The van der Waals surface area contributed by atoms with E-state index in [1.165, 1.54) is 11.1 Å². The summed E-state index contributed by atoms with van der Waals surface area (Å²) in [6, 6.07) is 14.4. The lowest BCUT2D eigenvalue weighted by molar-refractivity contribution is 0.732. The summed E-state index contributed by atoms with van der Waals surface area (Å²) in [5.74, 6) is 0. The van der Waals surface area contributed by atoms with Crippen LogP contribution in [0, 0.1) is 36.5 Å². The van der Waals surface area contributed by atoms with Gasteiger partial charge < -0.3 is 9.80 Å². The highest BCUT2D eigenvalue weighted by Gasteiger charge is 2.35. The number of nitriles is 2. The Hall–Kier alpha value is -2.98. The molecule has 1 aliphatic heterocycles. The zero-order valence-electron chi connectivity index (χ0n) is 13.8. The van der Waals surface area contributed by atoms with E-state index < -0.39 is 0 Å². The van der Waals surface area contributed by atoms with Crippen LogP contribution in [0.4, 0.5) is 17.1 Å². The maximum atomic E-state index is 9.52. The van der Waals surface area contributed by atoms with Crippen LogP contribution in [-0.4, -0.2) is 13.2 Å². The summed E-state index contributed by atoms with van der Waals surface area (Å²) in [5.41, 5.74) is 6.23. The third kappa shape index (κ3) is 2.12. The SMILES string of the molecule is Cc1ccc(N2c3ccc(C#N)c(C#N)c3N(C)[C@@H]2C)c(C)c1. The van der Waals surface area contributed by atoms with E-state index in [1.54, 1.807) is 6.07 Å². The van der Waals surface area contributed by atoms with Gasteiger partial charge in [0, 0.05) is 12.7 Å². The van der Waals surface area contributed by atoms with Gasteiger partial charge in [-0.3, -0.25) is 0 Å². The van der Waals surface area contributed by atoms with Gasteiger partial charge in [0.25, 0.3) is 0 Å². The first-order chi connectivity index (χ1) is 11.0. The van der Waals surface area contributed by atoms with Gasteiger partial charge in [-0.1, -0.05) is 17.7 Å². The number of hydrogen-bond donors (Lipinski definition) is 0. The molecule has 0 saturated carbocycles. The van der Waals surface area contributed by atoms with Crippen LogP contribution in [0.3, 0.4) is 0 Å². The molecule has 0 spiro atoms. The van der Waals surface area contributed by atoms with Gasteiger partial charge in [0.1, 0.15) is 18.3 Å². The molecule has 3 rings (SSSR count). The highest BCUT2D eigenvalue weighted by molar-refractivity contribution is 5.89. The summed E-state index contributed by atoms with van der Waals surface area (Å²) in [6.07, 6.45) is 0.0763. The van der Waals surface area contributed by atoms with Crippen LogP contribution in [0.25, 0.3) is 0 Å². The Balaban J connectivity index is 2.25. The number of anilines is 3. The van der Waals surface area contributed by atoms with E-state index in [0.29, 0.717) is 11.1 Å². The molecular formula is C19H18N4. The maximum Gasteiger partial charge on any atom is 0.103 e. The highest BCUT2D eigenvalue weighted by atomic mass is 15.4. The summed E-state index contributed by atoms with van der Waals surface area (Å²) in [6.45, 7) is 6.28. The van der Waals surface area contributed by atoms with Gasteiger partial charge in [0.15, 0.2) is 0 Å². The molecular weight excluding hydrogens is 284 g/mol. The Kier molecular flexibility index (Phi) is 3.47. The average molecular weight is 302 g/mol. The fourth-order valence-corrected chi connectivity index (χ4v) is 3.31. The summed E-state index contributed by atoms with van der Waals surface area (Å²) in [4.78, 5) is 4.29. The van der Waals surface area contributed by atoms with Crippen molar-refractivity contribution >= 4 is 17.1 Å². The molecule has 0 saturated heterocycles. The molecule has 4 heteroatoms. The Labute approximate surface area is 136 Å². The van der Waals surface area contributed by atoms with Crippen molar-refractivity contribution < 1.29 is 0 Å². The van der Waals surface area contributed by atoms with Crippen LogP contribution in [0.5, 0.6) is 0 Å². The van der Waals surface area contributed by atoms with E-state index >= 15 is 0 Å². The van der Waals surface area contributed by atoms with Gasteiger partial charge in [-0.05, 0) is 44.5 Å². The van der Waals surface area contributed by atoms with E-state index in [1.807, 2.05) is 13.1 Å². The van der Waals surface area contributed by atoms with Crippen molar-refractivity contribution in [1.29, 1.82) is 10.5 Å². The van der Waals surface area contributed by atoms with Gasteiger partial charge in [0.2, 0.25) is 0 Å². The maximum absolute atomic E-state index is 9.52. The molecule has 2 aromatic rings. The minimum Gasteiger partial charge on any atom is -0.351 e. The molecule has 1 atom stereocenters. The molecule has 0 bridgehead atoms. The molecule has 0 amide bonds. The second kappa shape index (κ2) is 5.34. The third-order valence-corrected chi connectivity index (χ3v) is 4.55. The summed E-state index contributed by atoms with van der Waals surface area (Å²) < 4.78 is 0. The molecule has 1 aliphatic rings. The zero-order valence-corrected chi connectivity index (χ0v) is 13.8. The molecule has 23 heavy (non-hydrogen) atoms. The normalized spacial score (nSPS) is 16.0. The minimum atomic E-state index is 0.0763. The predicted octanol–water partition coefficient (Wildman–Crippen LogP) is 3.98. The van der Waals surface area contributed by atoms with Crippen molar-refractivity contribution in [3.63, 3.8) is 0 Å². The van der Waals surface area contributed by atoms with Crippen molar-refractivity contribution in [2.24, 2.45) is 0 Å². The lowest BCUT2D eigenvalue weighted by Crippen LogP contribution is -2.36. The number of nitrogens with zero attached hydrogens (tertiary/aromatic N) is 4. The Morgan fingerprint density at radius 3 is 2.30 bits per heavy atom. The Morgan fingerprint density at radius 2 is 1.70 bits per heavy atom. The number of aryl methyl sites for hydroxylation is 2. The first kappa shape index (κ1) is 14.9. The monoisotopic (exact) mass is 302 g/mol. The van der Waals surface area contributed by atoms with Gasteiger partial charge in [0.05, 0.1) is 22.5 Å². The molecule has 0 aromatic heterocycles. The van der Waals surface area contributed by atoms with E-state index in [9.17, 15) is 10.5 Å². The number of hydrogen-bond acceptors (Lipinski definition) is 4. The molecule has 2 aromatic carbocycles. The van der Waals surface area contributed by atoms with Crippen molar-refractivity contribution in [1.82, 2.24) is 0 Å². The quantitative estimate of drug-likeness (QED) is 0.799. The fourth-order valence-electron chi connectivity index (χ4n) is 3.31. The number of benzene rings is 2. The lowest BCUT2D eigenvalue weighted by Gasteiger charge is -2.29. The van der Waals surface area contributed by atoms with Crippen molar-refractivity contribution in [2.75, 3.05) is 16.8 Å². The fraction of sp³-hybridized carbons (Fsp3) is 0.263. The second-order valence-corrected chi connectivity index (χ2v) is 5.98. The van der Waals surface area contributed by atoms with Gasteiger partial charge in [-0.15, -0.1) is 0 Å². The van der Waals surface area contributed by atoms with Crippen molar-refractivity contribution in [2.45, 2.75) is 26.9 Å². The Bertz CT molecular complexity index is 870. The molecule has 0 radical (unpaired) electrons. The van der Waals surface area contributed by atoms with Crippen LogP contribution in [0.15, 0.2) is 30.3 Å². The van der Waals surface area contributed by atoms with Crippen LogP contribution in [-0.2, 0) is 0 Å². The molecule has 1 heterocycles. The minimum absolute atomic E-state index is 0.0763. The molecule has 0 unspecified atom stereocenters. The van der Waals surface area contributed by atoms with Crippen LogP contribution in [0.1, 0.15) is 29.2 Å². The summed E-state index contributed by atoms with van der Waals surface area (Å²) in [7, 11) is 1.97. The smallest absolute Gasteiger partial charge is 0.103 e. The molecule has 0 fully saturated rings. The first-order valence-electron chi connectivity index (χ1n) is 7.56. The lowest BCUT2D eigenvalue weighted by atomic mass is 10.0.